The summed E-state index contributed by atoms with van der Waals surface area (Å²) in [7, 11) is 0. The first kappa shape index (κ1) is 25.5. The van der Waals surface area contributed by atoms with Gasteiger partial charge in [-0.05, 0) is 50.8 Å². The van der Waals surface area contributed by atoms with Gasteiger partial charge in [-0.15, -0.1) is 0 Å². The Morgan fingerprint density at radius 2 is 1.84 bits per heavy atom. The Morgan fingerprint density at radius 1 is 1.16 bits per heavy atom. The van der Waals surface area contributed by atoms with Crippen LogP contribution in [0.5, 0.6) is 11.5 Å². The first-order chi connectivity index (χ1) is 15.3. The van der Waals surface area contributed by atoms with Crippen molar-refractivity contribution in [2.45, 2.75) is 47.6 Å². The fraction of sp³-hybridized carbons (Fsp3) is 0.522. The Kier molecular flexibility index (Phi) is 9.84. The first-order valence-corrected chi connectivity index (χ1v) is 11.2. The summed E-state index contributed by atoms with van der Waals surface area (Å²) in [6.07, 6.45) is 0.596. The van der Waals surface area contributed by atoms with E-state index in [0.29, 0.717) is 55.8 Å². The molecule has 0 unspecified atom stereocenters. The van der Waals surface area contributed by atoms with E-state index >= 15 is 0 Å². The lowest BCUT2D eigenvalue weighted by Gasteiger charge is -2.12. The van der Waals surface area contributed by atoms with Gasteiger partial charge in [-0.1, -0.05) is 31.5 Å². The molecule has 0 aliphatic carbocycles. The minimum absolute atomic E-state index is 0.193. The second-order valence-electron chi connectivity index (χ2n) is 7.65. The minimum Gasteiger partial charge on any atom is -0.490 e. The summed E-state index contributed by atoms with van der Waals surface area (Å²) < 4.78 is 17.9. The van der Waals surface area contributed by atoms with E-state index in [1.807, 2.05) is 45.9 Å². The van der Waals surface area contributed by atoms with Crippen molar-refractivity contribution in [1.82, 2.24) is 15.1 Å². The van der Waals surface area contributed by atoms with Gasteiger partial charge in [0.15, 0.2) is 18.1 Å². The maximum Gasteiger partial charge on any atom is 0.343 e. The number of aryl methyl sites for hydroxylation is 1. The molecule has 0 atom stereocenters. The van der Waals surface area contributed by atoms with Crippen LogP contribution in [0, 0.1) is 12.8 Å². The normalized spacial score (nSPS) is 10.8. The molecular weight excluding hydrogens is 434 g/mol. The Hall–Kier alpha value is -2.74. The number of nitrogens with zero attached hydrogens (tertiary/aromatic N) is 2. The zero-order valence-electron chi connectivity index (χ0n) is 19.4. The standard InChI is InChI=1S/C23H32ClN3O5/c1-6-30-18-9-8-17(12-19(18)31-7-2)10-11-25-20(28)14-32-23(29)21-16(5)26-27(22(21)24)13-15(3)4/h8-9,12,15H,6-7,10-11,13-14H2,1-5H3,(H,25,28). The average molecular weight is 466 g/mol. The summed E-state index contributed by atoms with van der Waals surface area (Å²) in [4.78, 5) is 24.5. The Morgan fingerprint density at radius 3 is 2.50 bits per heavy atom. The number of amides is 1. The van der Waals surface area contributed by atoms with Crippen LogP contribution in [-0.4, -0.2) is 48.0 Å². The second kappa shape index (κ2) is 12.3. The van der Waals surface area contributed by atoms with E-state index < -0.39 is 18.5 Å². The molecule has 0 aliphatic rings. The molecule has 0 fully saturated rings. The number of esters is 1. The fourth-order valence-electron chi connectivity index (χ4n) is 3.10. The monoisotopic (exact) mass is 465 g/mol. The molecule has 8 nitrogen and oxygen atoms in total. The van der Waals surface area contributed by atoms with E-state index in [1.54, 1.807) is 11.6 Å². The first-order valence-electron chi connectivity index (χ1n) is 10.8. The number of halogens is 1. The largest absolute Gasteiger partial charge is 0.490 e. The lowest BCUT2D eigenvalue weighted by Crippen LogP contribution is -2.30. The molecule has 176 valence electrons. The maximum atomic E-state index is 12.4. The molecule has 0 bridgehead atoms. The van der Waals surface area contributed by atoms with Crippen molar-refractivity contribution in [2.75, 3.05) is 26.4 Å². The fourth-order valence-corrected chi connectivity index (χ4v) is 3.42. The van der Waals surface area contributed by atoms with Crippen LogP contribution in [0.1, 0.15) is 49.3 Å². The summed E-state index contributed by atoms with van der Waals surface area (Å²) in [5.41, 5.74) is 1.66. The van der Waals surface area contributed by atoms with Crippen LogP contribution < -0.4 is 14.8 Å². The molecule has 2 aromatic rings. The van der Waals surface area contributed by atoms with Crippen molar-refractivity contribution in [3.05, 3.63) is 40.2 Å². The van der Waals surface area contributed by atoms with Gasteiger partial charge in [0.25, 0.3) is 5.91 Å². The number of benzene rings is 1. The third-order valence-corrected chi connectivity index (χ3v) is 4.87. The topological polar surface area (TPSA) is 91.7 Å². The summed E-state index contributed by atoms with van der Waals surface area (Å²) in [5.74, 6) is 0.640. The lowest BCUT2D eigenvalue weighted by atomic mass is 10.1. The van der Waals surface area contributed by atoms with Crippen molar-refractivity contribution in [1.29, 1.82) is 0 Å². The molecular formula is C23H32ClN3O5. The number of hydrogen-bond acceptors (Lipinski definition) is 6. The van der Waals surface area contributed by atoms with Crippen LogP contribution in [0.25, 0.3) is 0 Å². The number of hydrogen-bond donors (Lipinski definition) is 1. The van der Waals surface area contributed by atoms with E-state index in [9.17, 15) is 9.59 Å². The number of nitrogens with one attached hydrogen (secondary N) is 1. The SMILES string of the molecule is CCOc1ccc(CCNC(=O)COC(=O)c2c(C)nn(CC(C)C)c2Cl)cc1OCC. The number of carbonyl (C=O) groups is 2. The number of rotatable bonds is 12. The zero-order valence-corrected chi connectivity index (χ0v) is 20.1. The van der Waals surface area contributed by atoms with E-state index in [-0.39, 0.29) is 10.7 Å². The highest BCUT2D eigenvalue weighted by molar-refractivity contribution is 6.32. The average Bonchev–Trinajstić information content (AvgIpc) is 3.00. The van der Waals surface area contributed by atoms with E-state index in [4.69, 9.17) is 25.8 Å². The van der Waals surface area contributed by atoms with E-state index in [2.05, 4.69) is 10.4 Å². The molecule has 1 aromatic heterocycles. The highest BCUT2D eigenvalue weighted by Crippen LogP contribution is 2.28. The van der Waals surface area contributed by atoms with Crippen LogP contribution >= 0.6 is 11.6 Å². The molecule has 0 saturated carbocycles. The summed E-state index contributed by atoms with van der Waals surface area (Å²) >= 11 is 6.28. The summed E-state index contributed by atoms with van der Waals surface area (Å²) in [6, 6.07) is 5.69. The van der Waals surface area contributed by atoms with Gasteiger partial charge >= 0.3 is 5.97 Å². The summed E-state index contributed by atoms with van der Waals surface area (Å²) in [6.45, 7) is 11.2. The number of ether oxygens (including phenoxy) is 3. The Bertz CT molecular complexity index is 927. The quantitative estimate of drug-likeness (QED) is 0.479. The van der Waals surface area contributed by atoms with Gasteiger partial charge in [0, 0.05) is 13.1 Å². The molecule has 0 radical (unpaired) electrons. The van der Waals surface area contributed by atoms with Gasteiger partial charge in [0.1, 0.15) is 10.7 Å². The molecule has 0 aliphatic heterocycles. The van der Waals surface area contributed by atoms with Gasteiger partial charge in [-0.3, -0.25) is 9.48 Å². The van der Waals surface area contributed by atoms with Gasteiger partial charge in [-0.25, -0.2) is 4.79 Å². The molecule has 1 heterocycles. The van der Waals surface area contributed by atoms with Crippen LogP contribution in [0.4, 0.5) is 0 Å². The minimum atomic E-state index is -0.662. The Labute approximate surface area is 194 Å². The van der Waals surface area contributed by atoms with Crippen molar-refractivity contribution in [3.8, 4) is 11.5 Å². The molecule has 0 saturated heterocycles. The van der Waals surface area contributed by atoms with Gasteiger partial charge < -0.3 is 19.5 Å². The molecule has 32 heavy (non-hydrogen) atoms. The van der Waals surface area contributed by atoms with Crippen molar-refractivity contribution in [2.24, 2.45) is 5.92 Å². The predicted octanol–water partition coefficient (Wildman–Crippen LogP) is 3.81. The van der Waals surface area contributed by atoms with Crippen LogP contribution in [0.15, 0.2) is 18.2 Å². The van der Waals surface area contributed by atoms with Crippen molar-refractivity contribution >= 4 is 23.5 Å². The third-order valence-electron chi connectivity index (χ3n) is 4.49. The molecule has 0 spiro atoms. The number of carbonyl (C=O) groups excluding carboxylic acids is 2. The third kappa shape index (κ3) is 7.15. The van der Waals surface area contributed by atoms with E-state index in [1.165, 1.54) is 0 Å². The van der Waals surface area contributed by atoms with Crippen molar-refractivity contribution in [3.63, 3.8) is 0 Å². The molecule has 1 N–H and O–H groups in total. The van der Waals surface area contributed by atoms with Crippen LogP contribution in [0.2, 0.25) is 5.15 Å². The zero-order chi connectivity index (χ0) is 23.7. The smallest absolute Gasteiger partial charge is 0.343 e. The van der Waals surface area contributed by atoms with E-state index in [0.717, 1.165) is 5.56 Å². The van der Waals surface area contributed by atoms with Gasteiger partial charge in [-0.2, -0.15) is 5.10 Å². The number of aromatic nitrogens is 2. The Balaban J connectivity index is 1.85. The summed E-state index contributed by atoms with van der Waals surface area (Å²) in [5, 5.41) is 7.26. The molecule has 1 aromatic carbocycles. The molecule has 9 heteroatoms. The van der Waals surface area contributed by atoms with Crippen molar-refractivity contribution < 1.29 is 23.8 Å². The van der Waals surface area contributed by atoms with Crippen LogP contribution in [-0.2, 0) is 22.5 Å². The maximum absolute atomic E-state index is 12.4. The van der Waals surface area contributed by atoms with Gasteiger partial charge in [0.05, 0.1) is 18.9 Å². The molecule has 1 amide bonds. The molecule has 2 rings (SSSR count). The highest BCUT2D eigenvalue weighted by Gasteiger charge is 2.22. The predicted molar refractivity (Wildman–Crippen MR) is 123 cm³/mol. The van der Waals surface area contributed by atoms with Crippen LogP contribution in [0.3, 0.4) is 0 Å². The second-order valence-corrected chi connectivity index (χ2v) is 8.01. The van der Waals surface area contributed by atoms with Gasteiger partial charge in [0.2, 0.25) is 0 Å². The highest BCUT2D eigenvalue weighted by atomic mass is 35.5. The lowest BCUT2D eigenvalue weighted by molar-refractivity contribution is -0.124.